The van der Waals surface area contributed by atoms with Gasteiger partial charge in [0.15, 0.2) is 23.2 Å². The Labute approximate surface area is 302 Å². The molecule has 0 spiro atoms. The zero-order valence-corrected chi connectivity index (χ0v) is 28.9. The number of rotatable bonds is 9. The molecule has 6 heterocycles. The second-order valence-corrected chi connectivity index (χ2v) is 14.0. The average molecular weight is 737 g/mol. The normalized spacial score (nSPS) is 30.8. The smallest absolute Gasteiger partial charge is 0.311 e. The van der Waals surface area contributed by atoms with E-state index in [1.54, 1.807) is 26.5 Å². The number of aliphatic carboxylic acids is 1. The number of carbonyl (C=O) groups excluding carboxylic acids is 2. The van der Waals surface area contributed by atoms with E-state index in [9.17, 15) is 30.0 Å². The third kappa shape index (κ3) is 5.79. The quantitative estimate of drug-likeness (QED) is 0.0875. The van der Waals surface area contributed by atoms with Crippen LogP contribution in [-0.4, -0.2) is 103 Å². The van der Waals surface area contributed by atoms with Gasteiger partial charge in [0.1, 0.15) is 60.9 Å². The molecule has 17 nitrogen and oxygen atoms in total. The maximum absolute atomic E-state index is 12.3. The largest absolute Gasteiger partial charge is 0.550 e. The van der Waals surface area contributed by atoms with Crippen molar-refractivity contribution in [2.24, 2.45) is 16.5 Å². The highest BCUT2D eigenvalue weighted by Gasteiger charge is 2.60. The Bertz CT molecular complexity index is 1950. The van der Waals surface area contributed by atoms with Gasteiger partial charge < -0.3 is 69.8 Å². The van der Waals surface area contributed by atoms with Crippen molar-refractivity contribution in [2.75, 3.05) is 27.4 Å². The highest BCUT2D eigenvalue weighted by atomic mass is 16.7. The van der Waals surface area contributed by atoms with Crippen molar-refractivity contribution in [1.29, 1.82) is 0 Å². The third-order valence-corrected chi connectivity index (χ3v) is 10.9. The van der Waals surface area contributed by atoms with Crippen LogP contribution in [0.25, 0.3) is 0 Å². The van der Waals surface area contributed by atoms with Crippen molar-refractivity contribution in [3.05, 3.63) is 64.5 Å². The monoisotopic (exact) mass is 736 g/mol. The number of carbonyl (C=O) groups is 2. The Balaban J connectivity index is 1.19. The van der Waals surface area contributed by atoms with E-state index < -0.39 is 66.9 Å². The van der Waals surface area contributed by atoms with Crippen LogP contribution in [0.15, 0.2) is 47.2 Å². The molecule has 0 saturated carbocycles. The van der Waals surface area contributed by atoms with Crippen LogP contribution in [0.1, 0.15) is 47.1 Å². The minimum atomic E-state index is -2.17. The van der Waals surface area contributed by atoms with Crippen LogP contribution in [0, 0.1) is 0 Å². The van der Waals surface area contributed by atoms with E-state index in [1.165, 1.54) is 0 Å². The molecule has 0 aliphatic carbocycles. The fourth-order valence-corrected chi connectivity index (χ4v) is 8.30. The molecule has 0 amide bonds. The molecule has 53 heavy (non-hydrogen) atoms. The van der Waals surface area contributed by atoms with Gasteiger partial charge in [-0.25, -0.2) is 0 Å². The molecule has 8 N–H and O–H groups in total. The van der Waals surface area contributed by atoms with E-state index in [0.717, 1.165) is 32.9 Å². The summed E-state index contributed by atoms with van der Waals surface area (Å²) in [5.41, 5.74) is 14.8. The van der Waals surface area contributed by atoms with Gasteiger partial charge in [-0.2, -0.15) is 0 Å². The molecule has 9 atom stereocenters. The molecular formula is C36H40N4O13. The zero-order valence-electron chi connectivity index (χ0n) is 28.9. The minimum Gasteiger partial charge on any atom is -0.550 e. The van der Waals surface area contributed by atoms with Crippen LogP contribution >= 0.6 is 0 Å². The number of hydrogen-bond donors (Lipinski definition) is 6. The van der Waals surface area contributed by atoms with Crippen LogP contribution in [0.5, 0.6) is 28.7 Å². The molecule has 6 aliphatic rings. The Morgan fingerprint density at radius 2 is 1.98 bits per heavy atom. The van der Waals surface area contributed by atoms with Crippen molar-refractivity contribution in [3.8, 4) is 28.7 Å². The molecule has 0 radical (unpaired) electrons. The molecule has 17 heteroatoms. The van der Waals surface area contributed by atoms with Gasteiger partial charge in [-0.15, -0.1) is 0 Å². The van der Waals surface area contributed by atoms with Crippen LogP contribution in [0.3, 0.4) is 0 Å². The van der Waals surface area contributed by atoms with Gasteiger partial charge in [0.05, 0.1) is 50.9 Å². The molecule has 1 fully saturated rings. The lowest BCUT2D eigenvalue weighted by Gasteiger charge is -2.48. The number of aliphatic imine (C=N–C) groups is 1. The highest BCUT2D eigenvalue weighted by Crippen LogP contribution is 2.58. The van der Waals surface area contributed by atoms with E-state index in [0.29, 0.717) is 47.4 Å². The molecule has 0 aromatic heterocycles. The third-order valence-electron chi connectivity index (χ3n) is 10.9. The van der Waals surface area contributed by atoms with Gasteiger partial charge in [0.2, 0.25) is 12.0 Å². The van der Waals surface area contributed by atoms with Gasteiger partial charge >= 0.3 is 5.97 Å². The number of carboxylic acid groups (broad SMARTS) is 1. The Morgan fingerprint density at radius 3 is 2.70 bits per heavy atom. The second-order valence-electron chi connectivity index (χ2n) is 14.0. The molecule has 0 bridgehead atoms. The van der Waals surface area contributed by atoms with E-state index in [2.05, 4.69) is 11.2 Å². The lowest BCUT2D eigenvalue weighted by molar-refractivity contribution is -0.848. The van der Waals surface area contributed by atoms with Crippen molar-refractivity contribution in [2.45, 2.75) is 80.3 Å². The number of ether oxygens (including phenoxy) is 7. The number of esters is 1. The summed E-state index contributed by atoms with van der Waals surface area (Å²) < 4.78 is 42.1. The summed E-state index contributed by atoms with van der Waals surface area (Å²) in [5, 5.41) is 45.7. The summed E-state index contributed by atoms with van der Waals surface area (Å²) >= 11 is 0. The number of nitrogens with zero attached hydrogens (tertiary/aromatic N) is 1. The van der Waals surface area contributed by atoms with Crippen LogP contribution in [0.4, 0.5) is 0 Å². The second kappa shape index (κ2) is 13.3. The first-order chi connectivity index (χ1) is 25.4. The van der Waals surface area contributed by atoms with Crippen molar-refractivity contribution >= 4 is 17.7 Å². The molecule has 2 aromatic rings. The fourth-order valence-electron chi connectivity index (χ4n) is 8.30. The van der Waals surface area contributed by atoms with Gasteiger partial charge in [0.25, 0.3) is 0 Å². The van der Waals surface area contributed by atoms with E-state index in [1.807, 2.05) is 18.2 Å². The number of methoxy groups -OCH3 is 2. The summed E-state index contributed by atoms with van der Waals surface area (Å²) in [7, 11) is 3.11. The molecule has 1 unspecified atom stereocenters. The number of quaternary nitrogens is 1. The van der Waals surface area contributed by atoms with E-state index in [-0.39, 0.29) is 25.4 Å². The van der Waals surface area contributed by atoms with E-state index >= 15 is 0 Å². The summed E-state index contributed by atoms with van der Waals surface area (Å²) in [6, 6.07) is 5.47. The number of benzene rings is 2. The van der Waals surface area contributed by atoms with Crippen LogP contribution in [0.2, 0.25) is 0 Å². The molecule has 6 aliphatic heterocycles. The number of aliphatic hydroxyl groups is 3. The summed E-state index contributed by atoms with van der Waals surface area (Å²) in [6.07, 6.45) is -5.86. The lowest BCUT2D eigenvalue weighted by atomic mass is 9.80. The number of carboxylic acids is 1. The zero-order chi connectivity index (χ0) is 37.3. The summed E-state index contributed by atoms with van der Waals surface area (Å²) in [5.74, 6) is -0.815. The maximum atomic E-state index is 12.3. The Morgan fingerprint density at radius 1 is 1.17 bits per heavy atom. The average Bonchev–Trinajstić information content (AvgIpc) is 3.81. The fraction of sp³-hybridized carbons (Fsp3) is 0.472. The predicted molar refractivity (Wildman–Crippen MR) is 178 cm³/mol. The van der Waals surface area contributed by atoms with Crippen LogP contribution in [-0.2, 0) is 32.0 Å². The number of nitrogens with two attached hydrogens (primary N) is 2. The topological polar surface area (TPSA) is 251 Å². The predicted octanol–water partition coefficient (Wildman–Crippen LogP) is -2.64. The SMILES string of the molecule is COc1ccc2c(c1OC)O[C@@H]1c3c(cc4c(c3C[NH+]3C=C5C=CN=C5C3)CC[C@]3(O)[C@@H](O4)O[C@H]([C@H](OC(=O)CC(=O)[O-])C(N)N)[C@@H](O)[C@@H]3O)OC[C@@H]21. The first kappa shape index (κ1) is 35.3. The molecule has 2 aromatic carbocycles. The maximum Gasteiger partial charge on any atom is 0.311 e. The number of allylic oxidation sites excluding steroid dienone is 1. The molecular weight excluding hydrogens is 696 g/mol. The molecule has 282 valence electrons. The Hall–Kier alpha value is -4.75. The molecule has 1 saturated heterocycles. The van der Waals surface area contributed by atoms with Gasteiger partial charge in [-0.05, 0) is 25.0 Å². The number of fused-ring (bicyclic) bond motifs is 8. The standard InChI is InChI=1S/C36H40N4O13/c1-47-21-4-3-17-19-14-49-23-9-22-16(18(12-40-11-15-6-8-39-20(15)13-40)26(23)28(19)52-29(17)30(21)48-2)5-7-36(46)33(45)27(44)31(53-35(36)50-22)32(34(37)38)51-25(43)10-24(41)42/h3-4,6,8-9,11,19,27-28,31-35,44-46H,5,7,10,12-14,37-38H2,1-2H3,(H,41,42)/t19-,27+,28-,31-,32-,33-,35-,36+/m0/s1. The van der Waals surface area contributed by atoms with Gasteiger partial charge in [0, 0.05) is 34.5 Å². The van der Waals surface area contributed by atoms with Crippen molar-refractivity contribution in [3.63, 3.8) is 0 Å². The molecule has 8 rings (SSSR count). The van der Waals surface area contributed by atoms with E-state index in [4.69, 9.17) is 44.6 Å². The van der Waals surface area contributed by atoms with Crippen molar-refractivity contribution in [1.82, 2.24) is 0 Å². The van der Waals surface area contributed by atoms with Crippen molar-refractivity contribution < 1.29 is 68.1 Å². The lowest BCUT2D eigenvalue weighted by Crippen LogP contribution is -3.05. The first-order valence-corrected chi connectivity index (χ1v) is 17.3. The first-order valence-electron chi connectivity index (χ1n) is 17.3. The summed E-state index contributed by atoms with van der Waals surface area (Å²) in [4.78, 5) is 28.9. The van der Waals surface area contributed by atoms with Gasteiger partial charge in [-0.1, -0.05) is 6.07 Å². The number of nitrogens with one attached hydrogen (secondary N) is 1. The Kier molecular flexibility index (Phi) is 8.84. The highest BCUT2D eigenvalue weighted by molar-refractivity contribution is 6.06. The number of aliphatic hydroxyl groups excluding tert-OH is 2. The summed E-state index contributed by atoms with van der Waals surface area (Å²) in [6.45, 7) is 1.35. The van der Waals surface area contributed by atoms with Gasteiger partial charge in [-0.3, -0.25) is 14.7 Å². The minimum absolute atomic E-state index is 0.127. The van der Waals surface area contributed by atoms with Crippen LogP contribution < -0.4 is 45.2 Å². The number of hydrogen-bond acceptors (Lipinski definition) is 16.